The first-order chi connectivity index (χ1) is 20.5. The molecule has 0 aromatic heterocycles. The Morgan fingerprint density at radius 3 is 1.93 bits per heavy atom. The van der Waals surface area contributed by atoms with Gasteiger partial charge in [0.25, 0.3) is 8.32 Å². The SMILES string of the molecule is C/C(=C\CCCO[Si](c1ccccc1)(c1ccccc1)C(C)(C)C)CN1C[C@H](OC(C)(C)C)C[C@H]1COc1ccccc1. The second kappa shape index (κ2) is 14.9. The van der Waals surface area contributed by atoms with E-state index in [1.165, 1.54) is 15.9 Å². The lowest BCUT2D eigenvalue weighted by Gasteiger charge is -2.43. The minimum atomic E-state index is -2.49. The Morgan fingerprint density at radius 2 is 1.40 bits per heavy atom. The van der Waals surface area contributed by atoms with Crippen LogP contribution in [0.4, 0.5) is 0 Å². The largest absolute Gasteiger partial charge is 0.492 e. The molecule has 3 aromatic carbocycles. The van der Waals surface area contributed by atoms with E-state index >= 15 is 0 Å². The van der Waals surface area contributed by atoms with Gasteiger partial charge in [0.05, 0.1) is 11.7 Å². The lowest BCUT2D eigenvalue weighted by atomic mass is 10.1. The average Bonchev–Trinajstić information content (AvgIpc) is 3.33. The van der Waals surface area contributed by atoms with Gasteiger partial charge >= 0.3 is 0 Å². The molecular weight excluding hydrogens is 547 g/mol. The number of hydrogen-bond acceptors (Lipinski definition) is 4. The van der Waals surface area contributed by atoms with Crippen molar-refractivity contribution in [1.82, 2.24) is 4.90 Å². The zero-order valence-corrected chi connectivity index (χ0v) is 28.5. The van der Waals surface area contributed by atoms with Crippen LogP contribution >= 0.6 is 0 Å². The molecule has 1 fully saturated rings. The number of ether oxygens (including phenoxy) is 2. The van der Waals surface area contributed by atoms with E-state index in [-0.39, 0.29) is 16.7 Å². The standard InChI is InChI=1S/C38H53NO3Si/c1-31(28-39-29-34(42-37(2,3)4)27-32(39)30-40-33-20-11-8-12-21-33)19-17-18-26-41-43(38(5,6)7,35-22-13-9-14-23-35)36-24-15-10-16-25-36/h8-16,19-25,32,34H,17-18,26-30H2,1-7H3/b31-19+/t32-,34+/m0/s1. The summed E-state index contributed by atoms with van der Waals surface area (Å²) in [7, 11) is -2.49. The third-order valence-electron chi connectivity index (χ3n) is 8.22. The minimum absolute atomic E-state index is 0.000282. The molecule has 1 saturated heterocycles. The number of para-hydroxylation sites is 1. The van der Waals surface area contributed by atoms with Crippen molar-refractivity contribution in [3.63, 3.8) is 0 Å². The highest BCUT2D eigenvalue weighted by molar-refractivity contribution is 6.99. The normalized spacial score (nSPS) is 18.6. The van der Waals surface area contributed by atoms with E-state index in [0.717, 1.165) is 44.7 Å². The predicted molar refractivity (Wildman–Crippen MR) is 183 cm³/mol. The number of allylic oxidation sites excluding steroid dienone is 1. The monoisotopic (exact) mass is 599 g/mol. The third kappa shape index (κ3) is 9.15. The quantitative estimate of drug-likeness (QED) is 0.115. The second-order valence-electron chi connectivity index (χ2n) is 14.0. The smallest absolute Gasteiger partial charge is 0.261 e. The molecule has 1 aliphatic rings. The Labute approximate surface area is 262 Å². The highest BCUT2D eigenvalue weighted by atomic mass is 28.4. The first kappa shape index (κ1) is 33.2. The van der Waals surface area contributed by atoms with Crippen LogP contribution in [0.15, 0.2) is 103 Å². The van der Waals surface area contributed by atoms with Crippen LogP contribution in [0.2, 0.25) is 5.04 Å². The van der Waals surface area contributed by atoms with E-state index in [0.29, 0.717) is 12.6 Å². The van der Waals surface area contributed by atoms with Crippen LogP contribution in [-0.2, 0) is 9.16 Å². The fourth-order valence-electron chi connectivity index (χ4n) is 6.40. The van der Waals surface area contributed by atoms with Crippen LogP contribution in [0.1, 0.15) is 67.7 Å². The molecule has 0 N–H and O–H groups in total. The zero-order chi connectivity index (χ0) is 30.9. The molecule has 3 aromatic rings. The van der Waals surface area contributed by atoms with Crippen molar-refractivity contribution in [3.8, 4) is 5.75 Å². The van der Waals surface area contributed by atoms with Crippen molar-refractivity contribution in [2.45, 2.75) is 90.5 Å². The Kier molecular flexibility index (Phi) is 11.5. The third-order valence-corrected chi connectivity index (χ3v) is 13.3. The van der Waals surface area contributed by atoms with Crippen LogP contribution in [-0.4, -0.2) is 57.3 Å². The Bertz CT molecular complexity index is 1230. The van der Waals surface area contributed by atoms with Crippen LogP contribution in [0, 0.1) is 0 Å². The summed E-state index contributed by atoms with van der Waals surface area (Å²) in [4.78, 5) is 2.55. The van der Waals surface area contributed by atoms with Crippen molar-refractivity contribution in [3.05, 3.63) is 103 Å². The molecule has 43 heavy (non-hydrogen) atoms. The number of hydrogen-bond donors (Lipinski definition) is 0. The molecule has 2 atom stereocenters. The molecule has 4 rings (SSSR count). The molecule has 0 bridgehead atoms. The second-order valence-corrected chi connectivity index (χ2v) is 18.3. The molecule has 5 heteroatoms. The number of likely N-dealkylation sites (tertiary alicyclic amines) is 1. The molecule has 4 nitrogen and oxygen atoms in total. The van der Waals surface area contributed by atoms with Crippen molar-refractivity contribution >= 4 is 18.7 Å². The predicted octanol–water partition coefficient (Wildman–Crippen LogP) is 7.63. The maximum Gasteiger partial charge on any atom is 0.261 e. The van der Waals surface area contributed by atoms with Gasteiger partial charge in [-0.25, -0.2) is 0 Å². The van der Waals surface area contributed by atoms with Gasteiger partial charge in [-0.3, -0.25) is 4.90 Å². The molecule has 0 spiro atoms. The van der Waals surface area contributed by atoms with Crippen LogP contribution in [0.5, 0.6) is 5.75 Å². The topological polar surface area (TPSA) is 30.9 Å². The van der Waals surface area contributed by atoms with Gasteiger partial charge in [0, 0.05) is 25.7 Å². The van der Waals surface area contributed by atoms with E-state index < -0.39 is 8.32 Å². The van der Waals surface area contributed by atoms with Gasteiger partial charge in [-0.05, 0) is 74.5 Å². The van der Waals surface area contributed by atoms with E-state index in [4.69, 9.17) is 13.9 Å². The van der Waals surface area contributed by atoms with Crippen LogP contribution in [0.25, 0.3) is 0 Å². The maximum atomic E-state index is 7.10. The summed E-state index contributed by atoms with van der Waals surface area (Å²) in [5.74, 6) is 0.927. The summed E-state index contributed by atoms with van der Waals surface area (Å²) >= 11 is 0. The average molecular weight is 600 g/mol. The molecule has 0 saturated carbocycles. The van der Waals surface area contributed by atoms with E-state index in [9.17, 15) is 0 Å². The summed E-state index contributed by atoms with van der Waals surface area (Å²) in [6, 6.07) is 32.3. The zero-order valence-electron chi connectivity index (χ0n) is 27.5. The maximum absolute atomic E-state index is 7.10. The van der Waals surface area contributed by atoms with Gasteiger partial charge < -0.3 is 13.9 Å². The molecular formula is C38H53NO3Si. The molecule has 0 unspecified atom stereocenters. The summed E-state index contributed by atoms with van der Waals surface area (Å²) in [6.07, 6.45) is 5.62. The van der Waals surface area contributed by atoms with Gasteiger partial charge in [0.15, 0.2) is 0 Å². The van der Waals surface area contributed by atoms with Crippen molar-refractivity contribution in [2.75, 3.05) is 26.3 Å². The first-order valence-electron chi connectivity index (χ1n) is 16.0. The summed E-state index contributed by atoms with van der Waals surface area (Å²) < 4.78 is 19.7. The number of nitrogens with zero attached hydrogens (tertiary/aromatic N) is 1. The summed E-state index contributed by atoms with van der Waals surface area (Å²) in [5, 5.41) is 2.68. The lowest BCUT2D eigenvalue weighted by Crippen LogP contribution is -2.66. The van der Waals surface area contributed by atoms with Crippen molar-refractivity contribution < 1.29 is 13.9 Å². The van der Waals surface area contributed by atoms with Crippen LogP contribution < -0.4 is 15.1 Å². The van der Waals surface area contributed by atoms with Gasteiger partial charge in [-0.2, -0.15) is 0 Å². The van der Waals surface area contributed by atoms with Gasteiger partial charge in [-0.1, -0.05) is 111 Å². The van der Waals surface area contributed by atoms with E-state index in [1.54, 1.807) is 0 Å². The Balaban J connectivity index is 1.38. The lowest BCUT2D eigenvalue weighted by molar-refractivity contribution is -0.0539. The molecule has 0 aliphatic carbocycles. The minimum Gasteiger partial charge on any atom is -0.492 e. The highest BCUT2D eigenvalue weighted by Gasteiger charge is 2.49. The molecule has 0 radical (unpaired) electrons. The van der Waals surface area contributed by atoms with Crippen molar-refractivity contribution in [1.29, 1.82) is 0 Å². The van der Waals surface area contributed by atoms with Gasteiger partial charge in [0.2, 0.25) is 0 Å². The van der Waals surface area contributed by atoms with Crippen LogP contribution in [0.3, 0.4) is 0 Å². The molecule has 0 amide bonds. The van der Waals surface area contributed by atoms with Gasteiger partial charge in [-0.15, -0.1) is 0 Å². The number of benzene rings is 3. The summed E-state index contributed by atoms with van der Waals surface area (Å²) in [5.41, 5.74) is 1.24. The Hall–Kier alpha value is -2.70. The molecule has 1 aliphatic heterocycles. The van der Waals surface area contributed by atoms with Gasteiger partial charge in [0.1, 0.15) is 12.4 Å². The van der Waals surface area contributed by atoms with Crippen molar-refractivity contribution in [2.24, 2.45) is 0 Å². The number of rotatable bonds is 13. The highest BCUT2D eigenvalue weighted by Crippen LogP contribution is 2.37. The van der Waals surface area contributed by atoms with E-state index in [2.05, 4.69) is 120 Å². The fourth-order valence-corrected chi connectivity index (χ4v) is 11.0. The molecule has 1 heterocycles. The van der Waals surface area contributed by atoms with E-state index in [1.807, 2.05) is 30.3 Å². The molecule has 232 valence electrons. The number of unbranched alkanes of at least 4 members (excludes halogenated alkanes) is 1. The fraction of sp³-hybridized carbons (Fsp3) is 0.474. The first-order valence-corrected chi connectivity index (χ1v) is 17.9. The Morgan fingerprint density at radius 1 is 0.837 bits per heavy atom. The summed E-state index contributed by atoms with van der Waals surface area (Å²) in [6.45, 7) is 19.0.